The van der Waals surface area contributed by atoms with E-state index in [9.17, 15) is 9.59 Å². The van der Waals surface area contributed by atoms with E-state index in [1.54, 1.807) is 18.3 Å². The zero-order valence-corrected chi connectivity index (χ0v) is 14.3. The summed E-state index contributed by atoms with van der Waals surface area (Å²) in [7, 11) is 0. The fraction of sp³-hybridized carbons (Fsp3) is 0.474. The van der Waals surface area contributed by atoms with Gasteiger partial charge in [0.2, 0.25) is 5.91 Å². The van der Waals surface area contributed by atoms with Crippen molar-refractivity contribution in [3.63, 3.8) is 0 Å². The molecule has 1 aromatic heterocycles. The third-order valence-corrected chi connectivity index (χ3v) is 4.33. The molecular formula is C19H24N2O3. The van der Waals surface area contributed by atoms with E-state index in [0.29, 0.717) is 5.39 Å². The summed E-state index contributed by atoms with van der Waals surface area (Å²) < 4.78 is 7.17. The van der Waals surface area contributed by atoms with Gasteiger partial charge in [-0.3, -0.25) is 9.59 Å². The Morgan fingerprint density at radius 2 is 1.92 bits per heavy atom. The van der Waals surface area contributed by atoms with Gasteiger partial charge in [0, 0.05) is 24.7 Å². The van der Waals surface area contributed by atoms with Crippen molar-refractivity contribution in [3.8, 4) is 5.75 Å². The minimum atomic E-state index is -0.131. The van der Waals surface area contributed by atoms with E-state index < -0.39 is 0 Å². The van der Waals surface area contributed by atoms with E-state index >= 15 is 0 Å². The first-order valence-electron chi connectivity index (χ1n) is 8.62. The monoisotopic (exact) mass is 328 g/mol. The van der Waals surface area contributed by atoms with Crippen LogP contribution in [0.1, 0.15) is 33.1 Å². The molecule has 128 valence electrons. The van der Waals surface area contributed by atoms with Crippen molar-refractivity contribution in [2.75, 3.05) is 13.1 Å². The molecule has 0 N–H and O–H groups in total. The van der Waals surface area contributed by atoms with Gasteiger partial charge in [-0.1, -0.05) is 0 Å². The van der Waals surface area contributed by atoms with Crippen LogP contribution in [0.15, 0.2) is 35.3 Å². The van der Waals surface area contributed by atoms with Crippen LogP contribution in [0.5, 0.6) is 5.75 Å². The highest BCUT2D eigenvalue weighted by Crippen LogP contribution is 2.19. The van der Waals surface area contributed by atoms with Crippen LogP contribution in [-0.2, 0) is 11.3 Å². The number of carbonyl (C=O) groups excluding carboxylic acids is 1. The number of nitrogens with zero attached hydrogens (tertiary/aromatic N) is 2. The molecule has 2 aromatic rings. The maximum atomic E-state index is 12.6. The molecule has 1 saturated heterocycles. The van der Waals surface area contributed by atoms with E-state index in [-0.39, 0.29) is 24.1 Å². The molecule has 1 aliphatic heterocycles. The summed E-state index contributed by atoms with van der Waals surface area (Å²) in [5.41, 5.74) is -0.131. The van der Waals surface area contributed by atoms with Gasteiger partial charge in [-0.25, -0.2) is 0 Å². The number of fused-ring (bicyclic) bond motifs is 1. The van der Waals surface area contributed by atoms with E-state index in [0.717, 1.165) is 37.1 Å². The number of amides is 1. The number of hydrogen-bond donors (Lipinski definition) is 0. The van der Waals surface area contributed by atoms with E-state index in [4.69, 9.17) is 4.74 Å². The van der Waals surface area contributed by atoms with Crippen LogP contribution in [0.4, 0.5) is 0 Å². The van der Waals surface area contributed by atoms with Crippen LogP contribution in [-0.4, -0.2) is 34.6 Å². The van der Waals surface area contributed by atoms with Crippen molar-refractivity contribution < 1.29 is 9.53 Å². The van der Waals surface area contributed by atoms with E-state index in [2.05, 4.69) is 0 Å². The number of aromatic nitrogens is 1. The lowest BCUT2D eigenvalue weighted by Crippen LogP contribution is -2.39. The van der Waals surface area contributed by atoms with Crippen LogP contribution in [0, 0.1) is 0 Å². The Balaban J connectivity index is 1.83. The highest BCUT2D eigenvalue weighted by molar-refractivity contribution is 5.83. The largest absolute Gasteiger partial charge is 0.491 e. The van der Waals surface area contributed by atoms with Crippen molar-refractivity contribution >= 4 is 16.7 Å². The lowest BCUT2D eigenvalue weighted by atomic mass is 10.1. The Morgan fingerprint density at radius 1 is 1.17 bits per heavy atom. The number of benzene rings is 1. The predicted molar refractivity (Wildman–Crippen MR) is 94.4 cm³/mol. The molecule has 5 nitrogen and oxygen atoms in total. The number of carbonyl (C=O) groups is 1. The second-order valence-electron chi connectivity index (χ2n) is 6.61. The smallest absolute Gasteiger partial charge is 0.258 e. The summed E-state index contributed by atoms with van der Waals surface area (Å²) in [5, 5.41) is 1.44. The quantitative estimate of drug-likeness (QED) is 0.867. The molecule has 0 unspecified atom stereocenters. The normalized spacial score (nSPS) is 15.0. The van der Waals surface area contributed by atoms with Gasteiger partial charge in [0.1, 0.15) is 12.3 Å². The number of pyridine rings is 1. The second kappa shape index (κ2) is 7.07. The lowest BCUT2D eigenvalue weighted by Gasteiger charge is -2.27. The highest BCUT2D eigenvalue weighted by atomic mass is 16.5. The van der Waals surface area contributed by atoms with Crippen molar-refractivity contribution in [3.05, 3.63) is 40.8 Å². The summed E-state index contributed by atoms with van der Waals surface area (Å²) in [4.78, 5) is 26.9. The summed E-state index contributed by atoms with van der Waals surface area (Å²) in [6, 6.07) is 7.32. The molecule has 1 amide bonds. The molecule has 2 heterocycles. The molecule has 1 aromatic carbocycles. The summed E-state index contributed by atoms with van der Waals surface area (Å²) in [6.07, 6.45) is 5.07. The van der Waals surface area contributed by atoms with Crippen molar-refractivity contribution in [1.82, 2.24) is 9.47 Å². The molecule has 3 rings (SSSR count). The minimum absolute atomic E-state index is 0.0240. The molecular weight excluding hydrogens is 304 g/mol. The van der Waals surface area contributed by atoms with Crippen LogP contribution in [0.25, 0.3) is 10.8 Å². The standard InChI is InChI=1S/C19H24N2O3/c1-14(2)24-16-6-7-17-15(12-16)8-11-21(19(17)23)13-18(22)20-9-4-3-5-10-20/h6-8,11-12,14H,3-5,9-10,13H2,1-2H3. The molecule has 1 aliphatic rings. The van der Waals surface area contributed by atoms with Gasteiger partial charge in [0.25, 0.3) is 5.56 Å². The zero-order chi connectivity index (χ0) is 17.1. The predicted octanol–water partition coefficient (Wildman–Crippen LogP) is 2.80. The van der Waals surface area contributed by atoms with Crippen LogP contribution >= 0.6 is 0 Å². The minimum Gasteiger partial charge on any atom is -0.491 e. The van der Waals surface area contributed by atoms with Gasteiger partial charge >= 0.3 is 0 Å². The van der Waals surface area contributed by atoms with Crippen molar-refractivity contribution in [2.24, 2.45) is 0 Å². The Labute approximate surface area is 141 Å². The van der Waals surface area contributed by atoms with Crippen LogP contribution in [0.3, 0.4) is 0 Å². The van der Waals surface area contributed by atoms with E-state index in [1.807, 2.05) is 30.9 Å². The third-order valence-electron chi connectivity index (χ3n) is 4.33. The molecule has 5 heteroatoms. The summed E-state index contributed by atoms with van der Waals surface area (Å²) >= 11 is 0. The first-order valence-corrected chi connectivity index (χ1v) is 8.62. The van der Waals surface area contributed by atoms with Gasteiger partial charge < -0.3 is 14.2 Å². The van der Waals surface area contributed by atoms with Gasteiger partial charge in [0.15, 0.2) is 0 Å². The highest BCUT2D eigenvalue weighted by Gasteiger charge is 2.17. The molecule has 0 spiro atoms. The molecule has 0 aliphatic carbocycles. The van der Waals surface area contributed by atoms with Crippen molar-refractivity contribution in [1.29, 1.82) is 0 Å². The summed E-state index contributed by atoms with van der Waals surface area (Å²) in [5.74, 6) is 0.773. The number of piperidine rings is 1. The van der Waals surface area contributed by atoms with Gasteiger partial charge in [0.05, 0.1) is 6.10 Å². The average Bonchev–Trinajstić information content (AvgIpc) is 2.57. The maximum absolute atomic E-state index is 12.6. The van der Waals surface area contributed by atoms with Gasteiger partial charge in [-0.15, -0.1) is 0 Å². The lowest BCUT2D eigenvalue weighted by molar-refractivity contribution is -0.132. The molecule has 0 atom stereocenters. The first kappa shape index (κ1) is 16.6. The number of hydrogen-bond acceptors (Lipinski definition) is 3. The molecule has 0 bridgehead atoms. The average molecular weight is 328 g/mol. The maximum Gasteiger partial charge on any atom is 0.258 e. The number of likely N-dealkylation sites (tertiary alicyclic amines) is 1. The number of rotatable bonds is 4. The Hall–Kier alpha value is -2.30. The molecule has 24 heavy (non-hydrogen) atoms. The Kier molecular flexibility index (Phi) is 4.88. The van der Waals surface area contributed by atoms with Crippen LogP contribution < -0.4 is 10.3 Å². The van der Waals surface area contributed by atoms with Crippen LogP contribution in [0.2, 0.25) is 0 Å². The Morgan fingerprint density at radius 3 is 2.62 bits per heavy atom. The SMILES string of the molecule is CC(C)Oc1ccc2c(=O)n(CC(=O)N3CCCCC3)ccc2c1. The fourth-order valence-corrected chi connectivity index (χ4v) is 3.13. The second-order valence-corrected chi connectivity index (χ2v) is 6.61. The topological polar surface area (TPSA) is 51.5 Å². The molecule has 0 radical (unpaired) electrons. The molecule has 1 fully saturated rings. The zero-order valence-electron chi connectivity index (χ0n) is 14.3. The Bertz CT molecular complexity index is 789. The first-order chi connectivity index (χ1) is 11.5. The third kappa shape index (κ3) is 3.61. The number of ether oxygens (including phenoxy) is 1. The van der Waals surface area contributed by atoms with E-state index in [1.165, 1.54) is 11.0 Å². The van der Waals surface area contributed by atoms with Gasteiger partial charge in [-0.05, 0) is 62.8 Å². The van der Waals surface area contributed by atoms with Crippen molar-refractivity contribution in [2.45, 2.75) is 45.8 Å². The molecule has 0 saturated carbocycles. The van der Waals surface area contributed by atoms with Gasteiger partial charge in [-0.2, -0.15) is 0 Å². The summed E-state index contributed by atoms with van der Waals surface area (Å²) in [6.45, 7) is 5.65. The fourth-order valence-electron chi connectivity index (χ4n) is 3.13.